The van der Waals surface area contributed by atoms with Crippen molar-refractivity contribution in [2.45, 2.75) is 18.5 Å². The standard InChI is InChI=1S/C8H18NO2S/c1-7-11-8(6-12(7)10)5-9(2,3)4/h7-8H,5-6H2,1-4H3/q+1/t7-,8+,12-/m0/s1. The lowest BCUT2D eigenvalue weighted by Crippen LogP contribution is -2.42. The molecule has 0 aromatic heterocycles. The van der Waals surface area contributed by atoms with Crippen LogP contribution in [0.15, 0.2) is 0 Å². The Hall–Kier alpha value is 0.0700. The maximum atomic E-state index is 11.2. The summed E-state index contributed by atoms with van der Waals surface area (Å²) < 4.78 is 17.7. The zero-order valence-electron chi connectivity index (χ0n) is 8.24. The summed E-state index contributed by atoms with van der Waals surface area (Å²) in [7, 11) is 5.60. The Bertz CT molecular complexity index is 188. The van der Waals surface area contributed by atoms with Gasteiger partial charge in [-0.15, -0.1) is 0 Å². The molecule has 0 amide bonds. The van der Waals surface area contributed by atoms with E-state index in [1.54, 1.807) is 0 Å². The number of nitrogens with zero attached hydrogens (tertiary/aromatic N) is 1. The summed E-state index contributed by atoms with van der Waals surface area (Å²) in [5, 5.41) is 0. The number of rotatable bonds is 2. The van der Waals surface area contributed by atoms with E-state index in [1.165, 1.54) is 0 Å². The maximum Gasteiger partial charge on any atom is 0.130 e. The molecule has 0 spiro atoms. The van der Waals surface area contributed by atoms with Crippen molar-refractivity contribution in [2.75, 3.05) is 33.4 Å². The molecule has 1 aliphatic rings. The first-order valence-corrected chi connectivity index (χ1v) is 5.60. The van der Waals surface area contributed by atoms with Crippen molar-refractivity contribution in [3.05, 3.63) is 0 Å². The van der Waals surface area contributed by atoms with Crippen LogP contribution in [0, 0.1) is 0 Å². The van der Waals surface area contributed by atoms with E-state index in [2.05, 4.69) is 21.1 Å². The number of hydrogen-bond acceptors (Lipinski definition) is 2. The van der Waals surface area contributed by atoms with Crippen LogP contribution in [-0.4, -0.2) is 53.7 Å². The van der Waals surface area contributed by atoms with Gasteiger partial charge in [-0.05, 0) is 6.92 Å². The van der Waals surface area contributed by atoms with Crippen molar-refractivity contribution in [1.82, 2.24) is 0 Å². The molecule has 0 aliphatic carbocycles. The Morgan fingerprint density at radius 2 is 2.08 bits per heavy atom. The first-order valence-electron chi connectivity index (χ1n) is 4.21. The summed E-state index contributed by atoms with van der Waals surface area (Å²) in [5.74, 6) is 0.705. The molecule has 0 N–H and O–H groups in total. The van der Waals surface area contributed by atoms with Crippen LogP contribution in [0.25, 0.3) is 0 Å². The van der Waals surface area contributed by atoms with Crippen molar-refractivity contribution in [2.24, 2.45) is 0 Å². The quantitative estimate of drug-likeness (QED) is 0.584. The molecule has 0 aromatic carbocycles. The first-order chi connectivity index (χ1) is 5.38. The highest BCUT2D eigenvalue weighted by atomic mass is 32.2. The van der Waals surface area contributed by atoms with Crippen molar-refractivity contribution in [3.8, 4) is 0 Å². The summed E-state index contributed by atoms with van der Waals surface area (Å²) in [5.41, 5.74) is -0.0680. The Morgan fingerprint density at radius 3 is 2.42 bits per heavy atom. The van der Waals surface area contributed by atoms with Gasteiger partial charge in [0.1, 0.15) is 18.1 Å². The van der Waals surface area contributed by atoms with Crippen LogP contribution in [0.2, 0.25) is 0 Å². The first kappa shape index (κ1) is 10.2. The molecule has 0 bridgehead atoms. The molecule has 3 atom stereocenters. The second-order valence-corrected chi connectivity index (χ2v) is 6.10. The van der Waals surface area contributed by atoms with Crippen LogP contribution >= 0.6 is 0 Å². The van der Waals surface area contributed by atoms with Crippen LogP contribution in [0.5, 0.6) is 0 Å². The highest BCUT2D eigenvalue weighted by molar-refractivity contribution is 7.85. The summed E-state index contributed by atoms with van der Waals surface area (Å²) in [6, 6.07) is 0. The lowest BCUT2D eigenvalue weighted by molar-refractivity contribution is -0.873. The van der Waals surface area contributed by atoms with E-state index in [4.69, 9.17) is 4.74 Å². The van der Waals surface area contributed by atoms with Gasteiger partial charge in [-0.25, -0.2) is 0 Å². The molecule has 0 unspecified atom stereocenters. The Kier molecular flexibility index (Phi) is 2.91. The van der Waals surface area contributed by atoms with Crippen LogP contribution in [0.1, 0.15) is 6.92 Å². The van der Waals surface area contributed by atoms with Crippen LogP contribution in [0.3, 0.4) is 0 Å². The predicted octanol–water partition coefficient (Wildman–Crippen LogP) is 0.186. The summed E-state index contributed by atoms with van der Waals surface area (Å²) >= 11 is 0. The number of ether oxygens (including phenoxy) is 1. The predicted molar refractivity (Wildman–Crippen MR) is 50.2 cm³/mol. The van der Waals surface area contributed by atoms with Crippen LogP contribution in [0.4, 0.5) is 0 Å². The van der Waals surface area contributed by atoms with E-state index in [-0.39, 0.29) is 11.5 Å². The molecule has 72 valence electrons. The molecule has 1 aliphatic heterocycles. The van der Waals surface area contributed by atoms with Gasteiger partial charge >= 0.3 is 0 Å². The second kappa shape index (κ2) is 3.44. The average molecular weight is 192 g/mol. The van der Waals surface area contributed by atoms with Gasteiger partial charge in [0.15, 0.2) is 0 Å². The molecule has 0 aromatic rings. The molecule has 1 saturated heterocycles. The van der Waals surface area contributed by atoms with E-state index < -0.39 is 10.8 Å². The molecular formula is C8H18NO2S+. The molecule has 4 heteroatoms. The molecule has 1 fully saturated rings. The van der Waals surface area contributed by atoms with E-state index in [0.29, 0.717) is 5.75 Å². The fourth-order valence-electron chi connectivity index (χ4n) is 1.40. The van der Waals surface area contributed by atoms with Crippen molar-refractivity contribution in [1.29, 1.82) is 0 Å². The van der Waals surface area contributed by atoms with Gasteiger partial charge in [-0.2, -0.15) is 0 Å². The maximum absolute atomic E-state index is 11.2. The molecule has 1 heterocycles. The van der Waals surface area contributed by atoms with E-state index in [0.717, 1.165) is 11.0 Å². The second-order valence-electron chi connectivity index (χ2n) is 4.35. The largest absolute Gasteiger partial charge is 0.355 e. The Morgan fingerprint density at radius 1 is 1.50 bits per heavy atom. The summed E-state index contributed by atoms with van der Waals surface area (Å²) in [4.78, 5) is 0. The zero-order chi connectivity index (χ0) is 9.35. The fourth-order valence-corrected chi connectivity index (χ4v) is 2.50. The fraction of sp³-hybridized carbons (Fsp3) is 1.00. The molecule has 0 saturated carbocycles. The van der Waals surface area contributed by atoms with Gasteiger partial charge in [0.05, 0.1) is 37.7 Å². The molecule has 12 heavy (non-hydrogen) atoms. The van der Waals surface area contributed by atoms with Gasteiger partial charge in [-0.1, -0.05) is 0 Å². The van der Waals surface area contributed by atoms with Crippen molar-refractivity contribution >= 4 is 10.8 Å². The number of hydrogen-bond donors (Lipinski definition) is 0. The minimum atomic E-state index is -0.765. The number of likely N-dealkylation sites (N-methyl/N-ethyl adjacent to an activating group) is 1. The lowest BCUT2D eigenvalue weighted by atomic mass is 10.3. The van der Waals surface area contributed by atoms with Crippen LogP contribution < -0.4 is 0 Å². The summed E-state index contributed by atoms with van der Waals surface area (Å²) in [6.07, 6.45) is 0.181. The Balaban J connectivity index is 2.43. The average Bonchev–Trinajstić information content (AvgIpc) is 2.07. The minimum Gasteiger partial charge on any atom is -0.355 e. The molecule has 0 radical (unpaired) electrons. The third-order valence-corrected chi connectivity index (χ3v) is 3.41. The molecular weight excluding hydrogens is 174 g/mol. The van der Waals surface area contributed by atoms with Crippen molar-refractivity contribution in [3.63, 3.8) is 0 Å². The van der Waals surface area contributed by atoms with E-state index >= 15 is 0 Å². The zero-order valence-corrected chi connectivity index (χ0v) is 9.06. The van der Waals surface area contributed by atoms with E-state index in [9.17, 15) is 4.21 Å². The monoisotopic (exact) mass is 192 g/mol. The van der Waals surface area contributed by atoms with E-state index in [1.807, 2.05) is 6.92 Å². The highest BCUT2D eigenvalue weighted by Gasteiger charge is 2.32. The van der Waals surface area contributed by atoms with Gasteiger partial charge in [0.25, 0.3) is 0 Å². The van der Waals surface area contributed by atoms with Gasteiger partial charge in [0, 0.05) is 0 Å². The third-order valence-electron chi connectivity index (χ3n) is 1.86. The van der Waals surface area contributed by atoms with Crippen LogP contribution in [-0.2, 0) is 15.5 Å². The Labute approximate surface area is 76.7 Å². The van der Waals surface area contributed by atoms with Gasteiger partial charge in [0.2, 0.25) is 0 Å². The normalized spacial score (nSPS) is 37.2. The summed E-state index contributed by atoms with van der Waals surface area (Å²) in [6.45, 7) is 2.82. The third kappa shape index (κ3) is 2.84. The lowest BCUT2D eigenvalue weighted by Gasteiger charge is -2.26. The smallest absolute Gasteiger partial charge is 0.130 e. The highest BCUT2D eigenvalue weighted by Crippen LogP contribution is 2.16. The van der Waals surface area contributed by atoms with Gasteiger partial charge < -0.3 is 9.22 Å². The van der Waals surface area contributed by atoms with Gasteiger partial charge in [-0.3, -0.25) is 4.21 Å². The van der Waals surface area contributed by atoms with Crippen molar-refractivity contribution < 1.29 is 13.4 Å². The SMILES string of the molecule is C[C@H]1O[C@H](C[N+](C)(C)C)C[S@@]1=O. The molecule has 3 nitrogen and oxygen atoms in total. The minimum absolute atomic E-state index is 0.0680. The molecule has 1 rings (SSSR count). The topological polar surface area (TPSA) is 26.3 Å². The number of quaternary nitrogens is 1.